The lowest BCUT2D eigenvalue weighted by atomic mass is 10.5. The number of allylic oxidation sites excluding steroid dienone is 2. The second-order valence-corrected chi connectivity index (χ2v) is 1.07. The van der Waals surface area contributed by atoms with Crippen LogP contribution < -0.4 is 0 Å². The Morgan fingerprint density at radius 2 is 2.43 bits per heavy atom. The van der Waals surface area contributed by atoms with E-state index in [4.69, 9.17) is 0 Å². The van der Waals surface area contributed by atoms with Gasteiger partial charge >= 0.3 is 0 Å². The molecule has 0 aliphatic carbocycles. The lowest BCUT2D eigenvalue weighted by Gasteiger charge is -1.86. The summed E-state index contributed by atoms with van der Waals surface area (Å²) in [5.74, 6) is 0.523. The molecule has 0 aliphatic rings. The quantitative estimate of drug-likeness (QED) is 0.301. The van der Waals surface area contributed by atoms with Crippen LogP contribution in [0.4, 0.5) is 0 Å². The molecule has 3 nitrogen and oxygen atoms in total. The highest BCUT2D eigenvalue weighted by Gasteiger charge is 1.80. The molecule has 7 heavy (non-hydrogen) atoms. The Morgan fingerprint density at radius 3 is 2.57 bits per heavy atom. The molecule has 0 N–H and O–H groups in total. The molecule has 40 valence electrons. The van der Waals surface area contributed by atoms with E-state index in [0.29, 0.717) is 5.76 Å². The fourth-order valence-electron chi connectivity index (χ4n) is 0.111. The summed E-state index contributed by atoms with van der Waals surface area (Å²) >= 11 is 0. The lowest BCUT2D eigenvalue weighted by molar-refractivity contribution is 0.223. The standard InChI is InChI=1S/C4H7NO2/c1-3-4(2)7-5-6/h3H,1-2H3/b4-3+. The number of hydrogen-bond acceptors (Lipinski definition) is 3. The van der Waals surface area contributed by atoms with Gasteiger partial charge < -0.3 is 4.84 Å². The van der Waals surface area contributed by atoms with Gasteiger partial charge in [-0.2, -0.15) is 0 Å². The Bertz CT molecular complexity index is 87.7. The molecule has 0 aromatic carbocycles. The van der Waals surface area contributed by atoms with Gasteiger partial charge in [-0.1, -0.05) is 0 Å². The van der Waals surface area contributed by atoms with Gasteiger partial charge in [-0.15, -0.1) is 4.91 Å². The van der Waals surface area contributed by atoms with Gasteiger partial charge in [-0.25, -0.2) is 0 Å². The molecule has 0 heterocycles. The predicted octanol–water partition coefficient (Wildman–Crippen LogP) is 1.61. The van der Waals surface area contributed by atoms with Crippen molar-refractivity contribution in [1.82, 2.24) is 0 Å². The van der Waals surface area contributed by atoms with Crippen molar-refractivity contribution in [3.05, 3.63) is 16.7 Å². The molecule has 0 bridgehead atoms. The first-order chi connectivity index (χ1) is 3.31. The van der Waals surface area contributed by atoms with Gasteiger partial charge in [-0.05, 0) is 19.9 Å². The van der Waals surface area contributed by atoms with Crippen LogP contribution in [0.25, 0.3) is 0 Å². The summed E-state index contributed by atoms with van der Waals surface area (Å²) in [6.45, 7) is 3.42. The molecule has 0 saturated heterocycles. The van der Waals surface area contributed by atoms with E-state index in [1.807, 2.05) is 0 Å². The normalized spacial score (nSPS) is 10.9. The molecule has 0 aliphatic heterocycles. The minimum Gasteiger partial charge on any atom is -0.329 e. The Labute approximate surface area is 41.9 Å². The van der Waals surface area contributed by atoms with E-state index in [2.05, 4.69) is 10.2 Å². The maximum Gasteiger partial charge on any atom is 0.160 e. The van der Waals surface area contributed by atoms with Crippen molar-refractivity contribution in [3.63, 3.8) is 0 Å². The molecular formula is C4H7NO2. The molecule has 0 rings (SSSR count). The third-order valence-electron chi connectivity index (χ3n) is 0.588. The SMILES string of the molecule is C/C=C(\C)ON=O. The summed E-state index contributed by atoms with van der Waals surface area (Å²) in [6, 6.07) is 0. The topological polar surface area (TPSA) is 38.7 Å². The third-order valence-corrected chi connectivity index (χ3v) is 0.588. The average molecular weight is 101 g/mol. The third kappa shape index (κ3) is 2.96. The minimum atomic E-state index is 0.523. The van der Waals surface area contributed by atoms with Crippen molar-refractivity contribution in [1.29, 1.82) is 0 Å². The molecule has 0 amide bonds. The first-order valence-corrected chi connectivity index (χ1v) is 1.94. The molecule has 0 spiro atoms. The smallest absolute Gasteiger partial charge is 0.160 e. The summed E-state index contributed by atoms with van der Waals surface area (Å²) in [5.41, 5.74) is 0. The van der Waals surface area contributed by atoms with Gasteiger partial charge in [0, 0.05) is 0 Å². The summed E-state index contributed by atoms with van der Waals surface area (Å²) in [5, 5.41) is 2.19. The molecule has 0 atom stereocenters. The summed E-state index contributed by atoms with van der Waals surface area (Å²) in [6.07, 6.45) is 1.65. The average Bonchev–Trinajstić information content (AvgIpc) is 1.68. The van der Waals surface area contributed by atoms with Crippen molar-refractivity contribution < 1.29 is 4.84 Å². The number of nitrogens with zero attached hydrogens (tertiary/aromatic N) is 1. The first-order valence-electron chi connectivity index (χ1n) is 1.94. The number of hydrogen-bond donors (Lipinski definition) is 0. The Kier molecular flexibility index (Phi) is 2.92. The van der Waals surface area contributed by atoms with Gasteiger partial charge in [0.2, 0.25) is 0 Å². The van der Waals surface area contributed by atoms with E-state index in [0.717, 1.165) is 0 Å². The summed E-state index contributed by atoms with van der Waals surface area (Å²) in [4.78, 5) is 13.4. The molecule has 0 aromatic rings. The van der Waals surface area contributed by atoms with Crippen LogP contribution >= 0.6 is 0 Å². The van der Waals surface area contributed by atoms with Crippen LogP contribution in [0.1, 0.15) is 13.8 Å². The van der Waals surface area contributed by atoms with Crippen molar-refractivity contribution in [3.8, 4) is 0 Å². The van der Waals surface area contributed by atoms with E-state index >= 15 is 0 Å². The Hall–Kier alpha value is -0.860. The van der Waals surface area contributed by atoms with Gasteiger partial charge in [-0.3, -0.25) is 0 Å². The van der Waals surface area contributed by atoms with E-state index < -0.39 is 0 Å². The zero-order valence-corrected chi connectivity index (χ0v) is 4.34. The van der Waals surface area contributed by atoms with E-state index in [9.17, 15) is 4.91 Å². The minimum absolute atomic E-state index is 0.523. The van der Waals surface area contributed by atoms with Gasteiger partial charge in [0.1, 0.15) is 5.76 Å². The fraction of sp³-hybridized carbons (Fsp3) is 0.500. The van der Waals surface area contributed by atoms with Crippen LogP contribution in [-0.2, 0) is 4.84 Å². The van der Waals surface area contributed by atoms with Gasteiger partial charge in [0.15, 0.2) is 5.34 Å². The van der Waals surface area contributed by atoms with Crippen LogP contribution in [0, 0.1) is 4.91 Å². The second kappa shape index (κ2) is 3.33. The highest BCUT2D eigenvalue weighted by atomic mass is 16.7. The largest absolute Gasteiger partial charge is 0.329 e. The maximum atomic E-state index is 9.26. The molecule has 0 aromatic heterocycles. The molecular weight excluding hydrogens is 94.0 g/mol. The van der Waals surface area contributed by atoms with Crippen molar-refractivity contribution in [2.75, 3.05) is 0 Å². The Morgan fingerprint density at radius 1 is 1.86 bits per heavy atom. The molecule has 0 saturated carbocycles. The molecule has 0 radical (unpaired) electrons. The Balaban J connectivity index is 3.36. The zero-order valence-electron chi connectivity index (χ0n) is 4.34. The van der Waals surface area contributed by atoms with Crippen molar-refractivity contribution in [2.45, 2.75) is 13.8 Å². The van der Waals surface area contributed by atoms with Crippen molar-refractivity contribution in [2.24, 2.45) is 5.34 Å². The zero-order chi connectivity index (χ0) is 5.70. The lowest BCUT2D eigenvalue weighted by Crippen LogP contribution is -1.72. The van der Waals surface area contributed by atoms with Crippen LogP contribution in [0.15, 0.2) is 17.2 Å². The fourth-order valence-corrected chi connectivity index (χ4v) is 0.111. The van der Waals surface area contributed by atoms with Crippen LogP contribution in [0.3, 0.4) is 0 Å². The molecule has 3 heteroatoms. The van der Waals surface area contributed by atoms with Crippen molar-refractivity contribution >= 4 is 0 Å². The van der Waals surface area contributed by atoms with Gasteiger partial charge in [0.05, 0.1) is 0 Å². The van der Waals surface area contributed by atoms with Gasteiger partial charge in [0.25, 0.3) is 0 Å². The van der Waals surface area contributed by atoms with Crippen LogP contribution in [-0.4, -0.2) is 0 Å². The number of rotatable bonds is 2. The summed E-state index contributed by atoms with van der Waals surface area (Å²) in [7, 11) is 0. The van der Waals surface area contributed by atoms with Crippen LogP contribution in [0.5, 0.6) is 0 Å². The second-order valence-electron chi connectivity index (χ2n) is 1.07. The van der Waals surface area contributed by atoms with E-state index in [1.165, 1.54) is 0 Å². The van der Waals surface area contributed by atoms with Crippen LogP contribution in [0.2, 0.25) is 0 Å². The predicted molar refractivity (Wildman–Crippen MR) is 26.3 cm³/mol. The highest BCUT2D eigenvalue weighted by Crippen LogP contribution is 1.91. The summed E-state index contributed by atoms with van der Waals surface area (Å²) < 4.78 is 0. The molecule has 0 unspecified atom stereocenters. The molecule has 0 fully saturated rings. The van der Waals surface area contributed by atoms with E-state index in [-0.39, 0.29) is 0 Å². The maximum absolute atomic E-state index is 9.26. The monoisotopic (exact) mass is 101 g/mol. The first kappa shape index (κ1) is 6.14. The van der Waals surface area contributed by atoms with E-state index in [1.54, 1.807) is 19.9 Å². The highest BCUT2D eigenvalue weighted by molar-refractivity contribution is 4.82.